The van der Waals surface area contributed by atoms with Gasteiger partial charge in [0.2, 0.25) is 24.1 Å². The largest absolute Gasteiger partial charge is 0.481 e. The summed E-state index contributed by atoms with van der Waals surface area (Å²) in [5, 5.41) is 18.1. The minimum atomic E-state index is -0.739. The minimum absolute atomic E-state index is 0.155. The fourth-order valence-corrected chi connectivity index (χ4v) is 2.37. The van der Waals surface area contributed by atoms with E-state index in [2.05, 4.69) is 21.3 Å². The van der Waals surface area contributed by atoms with Crippen molar-refractivity contribution in [3.8, 4) is 0 Å². The first-order valence-corrected chi connectivity index (χ1v) is 9.64. The molecule has 28 heavy (non-hydrogen) atoms. The van der Waals surface area contributed by atoms with Gasteiger partial charge in [-0.1, -0.05) is 38.5 Å². The molecule has 0 aromatic carbocycles. The molecule has 0 aromatic heterocycles. The van der Waals surface area contributed by atoms with Gasteiger partial charge in [0.25, 0.3) is 0 Å². The summed E-state index contributed by atoms with van der Waals surface area (Å²) in [5.41, 5.74) is 0. The summed E-state index contributed by atoms with van der Waals surface area (Å²) in [4.78, 5) is 54.6. The van der Waals surface area contributed by atoms with Crippen LogP contribution in [0.15, 0.2) is 0 Å². The molecule has 0 aliphatic carbocycles. The Hall–Kier alpha value is -2.65. The maximum Gasteiger partial charge on any atom is 0.303 e. The molecule has 0 unspecified atom stereocenters. The van der Waals surface area contributed by atoms with Crippen LogP contribution in [-0.4, -0.2) is 61.4 Å². The average Bonchev–Trinajstić information content (AvgIpc) is 2.66. The van der Waals surface area contributed by atoms with Crippen LogP contribution in [0.5, 0.6) is 0 Å². The zero-order valence-corrected chi connectivity index (χ0v) is 16.3. The molecular weight excluding hydrogens is 368 g/mol. The van der Waals surface area contributed by atoms with Gasteiger partial charge in [0, 0.05) is 13.0 Å². The van der Waals surface area contributed by atoms with E-state index in [9.17, 15) is 24.0 Å². The van der Waals surface area contributed by atoms with Gasteiger partial charge in [-0.05, 0) is 12.8 Å². The maximum atomic E-state index is 11.6. The van der Waals surface area contributed by atoms with Crippen molar-refractivity contribution < 1.29 is 29.1 Å². The fraction of sp³-hybridized carbons (Fsp3) is 0.722. The number of hydrogen-bond donors (Lipinski definition) is 5. The lowest BCUT2D eigenvalue weighted by molar-refractivity contribution is -0.137. The third kappa shape index (κ3) is 18.2. The first-order valence-electron chi connectivity index (χ1n) is 9.64. The molecule has 10 nitrogen and oxygen atoms in total. The summed E-state index contributed by atoms with van der Waals surface area (Å²) in [6.07, 6.45) is 8.51. The average molecular weight is 400 g/mol. The van der Waals surface area contributed by atoms with Crippen molar-refractivity contribution in [1.82, 2.24) is 21.3 Å². The zero-order valence-electron chi connectivity index (χ0n) is 16.3. The summed E-state index contributed by atoms with van der Waals surface area (Å²) >= 11 is 0. The molecule has 0 rings (SSSR count). The van der Waals surface area contributed by atoms with Gasteiger partial charge in [-0.2, -0.15) is 0 Å². The van der Waals surface area contributed by atoms with E-state index in [4.69, 9.17) is 5.11 Å². The Morgan fingerprint density at radius 3 is 1.64 bits per heavy atom. The molecule has 0 atom stereocenters. The van der Waals surface area contributed by atoms with Crippen LogP contribution in [0.2, 0.25) is 0 Å². The highest BCUT2D eigenvalue weighted by atomic mass is 16.4. The Morgan fingerprint density at radius 1 is 0.643 bits per heavy atom. The molecule has 10 heteroatoms. The summed E-state index contributed by atoms with van der Waals surface area (Å²) in [6.45, 7) is -0.0794. The number of carboxylic acids is 1. The van der Waals surface area contributed by atoms with E-state index in [-0.39, 0.29) is 32.0 Å². The van der Waals surface area contributed by atoms with E-state index >= 15 is 0 Å². The number of carbonyl (C=O) groups excluding carboxylic acids is 4. The number of unbranched alkanes of at least 4 members (excludes halogenated alkanes) is 7. The Balaban J connectivity index is 3.43. The molecule has 0 aliphatic rings. The molecular formula is C18H32N4O6. The number of carboxylic acid groups (broad SMARTS) is 1. The van der Waals surface area contributed by atoms with Gasteiger partial charge >= 0.3 is 5.97 Å². The molecule has 160 valence electrons. The van der Waals surface area contributed by atoms with Crippen LogP contribution >= 0.6 is 0 Å². The first kappa shape index (κ1) is 25.4. The molecule has 0 bridgehead atoms. The zero-order chi connectivity index (χ0) is 21.0. The number of aliphatic carboxylic acids is 1. The molecule has 0 aromatic rings. The highest BCUT2D eigenvalue weighted by Crippen LogP contribution is 2.09. The molecule has 0 saturated heterocycles. The third-order valence-electron chi connectivity index (χ3n) is 3.88. The Kier molecular flexibility index (Phi) is 16.1. The Labute approximate surface area is 165 Å². The third-order valence-corrected chi connectivity index (χ3v) is 3.88. The number of nitrogens with one attached hydrogen (secondary N) is 4. The summed E-state index contributed by atoms with van der Waals surface area (Å²) in [6, 6.07) is 0. The lowest BCUT2D eigenvalue weighted by atomic mass is 10.1. The van der Waals surface area contributed by atoms with E-state index in [1.807, 2.05) is 0 Å². The van der Waals surface area contributed by atoms with E-state index in [1.54, 1.807) is 0 Å². The molecule has 0 heterocycles. The molecule has 0 radical (unpaired) electrons. The van der Waals surface area contributed by atoms with Crippen LogP contribution in [0.25, 0.3) is 0 Å². The van der Waals surface area contributed by atoms with Gasteiger partial charge in [0.05, 0.1) is 19.6 Å². The monoisotopic (exact) mass is 400 g/mol. The highest BCUT2D eigenvalue weighted by molar-refractivity contribution is 5.88. The lowest BCUT2D eigenvalue weighted by Gasteiger charge is -2.08. The second kappa shape index (κ2) is 17.7. The fourth-order valence-electron chi connectivity index (χ4n) is 2.37. The maximum absolute atomic E-state index is 11.6. The standard InChI is InChI=1S/C18H32N4O6/c23-14-19-11-15(24)21-13-17(26)22-12-16(25)20-10-8-6-4-2-1-3-5-7-9-18(27)28/h14H,1-13H2,(H,19,23)(H,20,25)(H,21,24)(H,22,26)(H,27,28). The SMILES string of the molecule is O=CNCC(=O)NCC(=O)NCC(=O)NCCCCCCCCCCC(=O)O. The predicted octanol–water partition coefficient (Wildman–Crippen LogP) is -0.323. The second-order valence-corrected chi connectivity index (χ2v) is 6.37. The summed E-state index contributed by atoms with van der Waals surface area (Å²) < 4.78 is 0. The van der Waals surface area contributed by atoms with E-state index in [0.717, 1.165) is 51.4 Å². The number of amides is 4. The molecule has 0 aliphatic heterocycles. The van der Waals surface area contributed by atoms with Crippen molar-refractivity contribution in [2.75, 3.05) is 26.2 Å². The van der Waals surface area contributed by atoms with Gasteiger partial charge in [-0.15, -0.1) is 0 Å². The van der Waals surface area contributed by atoms with E-state index < -0.39 is 17.8 Å². The molecule has 0 fully saturated rings. The van der Waals surface area contributed by atoms with E-state index in [0.29, 0.717) is 13.0 Å². The van der Waals surface area contributed by atoms with Gasteiger partial charge in [0.15, 0.2) is 0 Å². The van der Waals surface area contributed by atoms with Crippen LogP contribution in [0.4, 0.5) is 0 Å². The van der Waals surface area contributed by atoms with Gasteiger partial charge < -0.3 is 26.4 Å². The van der Waals surface area contributed by atoms with Crippen molar-refractivity contribution in [3.05, 3.63) is 0 Å². The summed E-state index contributed by atoms with van der Waals surface area (Å²) in [7, 11) is 0. The molecule has 0 spiro atoms. The first-order chi connectivity index (χ1) is 13.5. The molecule has 0 saturated carbocycles. The van der Waals surface area contributed by atoms with Gasteiger partial charge in [-0.3, -0.25) is 24.0 Å². The molecule has 4 amide bonds. The number of carbonyl (C=O) groups is 5. The van der Waals surface area contributed by atoms with Gasteiger partial charge in [0.1, 0.15) is 0 Å². The predicted molar refractivity (Wildman–Crippen MR) is 102 cm³/mol. The minimum Gasteiger partial charge on any atom is -0.481 e. The van der Waals surface area contributed by atoms with E-state index in [1.165, 1.54) is 0 Å². The van der Waals surface area contributed by atoms with Crippen LogP contribution in [-0.2, 0) is 24.0 Å². The van der Waals surface area contributed by atoms with Crippen molar-refractivity contribution in [3.63, 3.8) is 0 Å². The Morgan fingerprint density at radius 2 is 1.11 bits per heavy atom. The van der Waals surface area contributed by atoms with Crippen molar-refractivity contribution >= 4 is 30.1 Å². The second-order valence-electron chi connectivity index (χ2n) is 6.37. The van der Waals surface area contributed by atoms with Crippen LogP contribution in [0.3, 0.4) is 0 Å². The van der Waals surface area contributed by atoms with Crippen molar-refractivity contribution in [1.29, 1.82) is 0 Å². The van der Waals surface area contributed by atoms with Crippen molar-refractivity contribution in [2.45, 2.75) is 57.8 Å². The lowest BCUT2D eigenvalue weighted by Crippen LogP contribution is -2.43. The number of rotatable bonds is 18. The van der Waals surface area contributed by atoms with Gasteiger partial charge in [-0.25, -0.2) is 0 Å². The van der Waals surface area contributed by atoms with Crippen molar-refractivity contribution in [2.24, 2.45) is 0 Å². The Bertz CT molecular complexity index is 498. The van der Waals surface area contributed by atoms with Crippen LogP contribution in [0.1, 0.15) is 57.8 Å². The summed E-state index contributed by atoms with van der Waals surface area (Å²) in [5.74, 6) is -2.01. The smallest absolute Gasteiger partial charge is 0.303 e. The van der Waals surface area contributed by atoms with Crippen LogP contribution in [0, 0.1) is 0 Å². The highest BCUT2D eigenvalue weighted by Gasteiger charge is 2.07. The topological polar surface area (TPSA) is 154 Å². The van der Waals surface area contributed by atoms with Crippen LogP contribution < -0.4 is 21.3 Å². The molecule has 5 N–H and O–H groups in total. The normalized spacial score (nSPS) is 10.0. The quantitative estimate of drug-likeness (QED) is 0.157. The number of hydrogen-bond acceptors (Lipinski definition) is 5.